The largest absolute Gasteiger partial charge is 0.391 e. The van der Waals surface area contributed by atoms with Crippen molar-refractivity contribution in [2.75, 3.05) is 0 Å². The molecule has 0 heterocycles. The molecule has 0 aliphatic rings. The first-order valence-electron chi connectivity index (χ1n) is 3.40. The van der Waals surface area contributed by atoms with Crippen LogP contribution in [0.1, 0.15) is 5.56 Å². The molecule has 14 heavy (non-hydrogen) atoms. The fourth-order valence-corrected chi connectivity index (χ4v) is 0.914. The van der Waals surface area contributed by atoms with E-state index in [1.54, 1.807) is 0 Å². The summed E-state index contributed by atoms with van der Waals surface area (Å²) >= 11 is 0. The van der Waals surface area contributed by atoms with Crippen LogP contribution < -0.4 is 0 Å². The summed E-state index contributed by atoms with van der Waals surface area (Å²) < 4.78 is 38.3. The minimum Gasteiger partial charge on any atom is -0.391 e. The molecular weight excluding hydrogens is 203 g/mol. The number of aliphatic hydroxyl groups excluding tert-OH is 1. The second kappa shape index (κ2) is 3.62. The molecule has 1 aromatic rings. The number of nitro groups is 1. The Kier molecular flexibility index (Phi) is 2.70. The Morgan fingerprint density at radius 3 is 2.36 bits per heavy atom. The number of nitrogens with zero attached hydrogens (tertiary/aromatic N) is 1. The van der Waals surface area contributed by atoms with Gasteiger partial charge < -0.3 is 5.11 Å². The quantitative estimate of drug-likeness (QED) is 0.454. The lowest BCUT2D eigenvalue weighted by Gasteiger charge is -2.02. The first-order valence-corrected chi connectivity index (χ1v) is 3.40. The van der Waals surface area contributed by atoms with E-state index in [2.05, 4.69) is 0 Å². The maximum absolute atomic E-state index is 13.0. The predicted molar refractivity (Wildman–Crippen MR) is 38.9 cm³/mol. The highest BCUT2D eigenvalue weighted by Crippen LogP contribution is 2.25. The van der Waals surface area contributed by atoms with Crippen LogP contribution >= 0.6 is 0 Å². The Labute approximate surface area is 75.7 Å². The van der Waals surface area contributed by atoms with Gasteiger partial charge in [-0.1, -0.05) is 0 Å². The first kappa shape index (κ1) is 10.5. The summed E-state index contributed by atoms with van der Waals surface area (Å²) in [7, 11) is 0. The molecule has 0 atom stereocenters. The molecule has 0 amide bonds. The van der Waals surface area contributed by atoms with Crippen LogP contribution in [0, 0.1) is 27.6 Å². The molecule has 0 aromatic heterocycles. The summed E-state index contributed by atoms with van der Waals surface area (Å²) in [6.45, 7) is -1.14. The fourth-order valence-electron chi connectivity index (χ4n) is 0.914. The van der Waals surface area contributed by atoms with Crippen molar-refractivity contribution in [2.45, 2.75) is 6.61 Å². The molecule has 0 saturated carbocycles. The summed E-state index contributed by atoms with van der Waals surface area (Å²) in [5.74, 6) is -4.74. The smallest absolute Gasteiger partial charge is 0.308 e. The summed E-state index contributed by atoms with van der Waals surface area (Å²) in [5.41, 5.74) is -2.25. The molecule has 4 nitrogen and oxygen atoms in total. The number of hydrogen-bond acceptors (Lipinski definition) is 3. The van der Waals surface area contributed by atoms with E-state index in [0.29, 0.717) is 0 Å². The van der Waals surface area contributed by atoms with Crippen molar-refractivity contribution in [1.82, 2.24) is 0 Å². The third-order valence-electron chi connectivity index (χ3n) is 1.58. The fraction of sp³-hybridized carbons (Fsp3) is 0.143. The molecule has 0 aliphatic carbocycles. The van der Waals surface area contributed by atoms with E-state index in [-0.39, 0.29) is 6.07 Å². The number of halogens is 3. The van der Waals surface area contributed by atoms with Gasteiger partial charge in [-0.15, -0.1) is 0 Å². The van der Waals surface area contributed by atoms with Crippen LogP contribution in [0.2, 0.25) is 0 Å². The molecule has 0 aliphatic heterocycles. The number of rotatable bonds is 2. The van der Waals surface area contributed by atoms with E-state index in [1.165, 1.54) is 0 Å². The lowest BCUT2D eigenvalue weighted by Crippen LogP contribution is -2.03. The van der Waals surface area contributed by atoms with Crippen molar-refractivity contribution < 1.29 is 23.2 Å². The average Bonchev–Trinajstić information content (AvgIpc) is 2.12. The van der Waals surface area contributed by atoms with Crippen molar-refractivity contribution in [1.29, 1.82) is 0 Å². The van der Waals surface area contributed by atoms with Crippen LogP contribution in [0.25, 0.3) is 0 Å². The van der Waals surface area contributed by atoms with Gasteiger partial charge >= 0.3 is 5.69 Å². The van der Waals surface area contributed by atoms with Gasteiger partial charge in [0.15, 0.2) is 11.6 Å². The van der Waals surface area contributed by atoms with Crippen LogP contribution in [0.4, 0.5) is 18.9 Å². The van der Waals surface area contributed by atoms with E-state index in [4.69, 9.17) is 5.11 Å². The van der Waals surface area contributed by atoms with Gasteiger partial charge in [0.25, 0.3) is 0 Å². The van der Waals surface area contributed by atoms with Crippen LogP contribution in [-0.4, -0.2) is 10.0 Å². The van der Waals surface area contributed by atoms with E-state index in [0.717, 1.165) is 0 Å². The van der Waals surface area contributed by atoms with Gasteiger partial charge in [0.05, 0.1) is 23.2 Å². The maximum Gasteiger partial charge on any atom is 0.308 e. The van der Waals surface area contributed by atoms with E-state index < -0.39 is 40.2 Å². The van der Waals surface area contributed by atoms with Gasteiger partial charge in [0, 0.05) is 0 Å². The van der Waals surface area contributed by atoms with Crippen LogP contribution in [0.5, 0.6) is 0 Å². The zero-order chi connectivity index (χ0) is 10.9. The topological polar surface area (TPSA) is 63.4 Å². The Morgan fingerprint density at radius 2 is 1.93 bits per heavy atom. The van der Waals surface area contributed by atoms with Crippen LogP contribution in [0.3, 0.4) is 0 Å². The van der Waals surface area contributed by atoms with Gasteiger partial charge in [-0.25, -0.2) is 8.78 Å². The second-order valence-corrected chi connectivity index (χ2v) is 2.40. The Balaban J connectivity index is 3.50. The Morgan fingerprint density at radius 1 is 1.36 bits per heavy atom. The number of nitro benzene ring substituents is 1. The van der Waals surface area contributed by atoms with Crippen molar-refractivity contribution in [3.63, 3.8) is 0 Å². The van der Waals surface area contributed by atoms with Crippen molar-refractivity contribution in [3.8, 4) is 0 Å². The van der Waals surface area contributed by atoms with E-state index in [1.807, 2.05) is 0 Å². The molecule has 0 unspecified atom stereocenters. The lowest BCUT2D eigenvalue weighted by atomic mass is 10.1. The van der Waals surface area contributed by atoms with Gasteiger partial charge in [-0.3, -0.25) is 10.1 Å². The zero-order valence-electron chi connectivity index (χ0n) is 6.63. The normalized spacial score (nSPS) is 10.3. The first-order chi connectivity index (χ1) is 6.49. The molecule has 0 saturated heterocycles. The van der Waals surface area contributed by atoms with Crippen LogP contribution in [0.15, 0.2) is 6.07 Å². The highest BCUT2D eigenvalue weighted by Gasteiger charge is 2.24. The van der Waals surface area contributed by atoms with Crippen molar-refractivity contribution >= 4 is 5.69 Å². The van der Waals surface area contributed by atoms with Crippen LogP contribution in [-0.2, 0) is 6.61 Å². The zero-order valence-corrected chi connectivity index (χ0v) is 6.63. The standard InChI is InChI=1S/C7H4F3NO3/c8-4-1-5(11(13)14)7(10)3(2-12)6(4)9/h1,12H,2H2. The molecule has 0 fully saturated rings. The molecule has 1 N–H and O–H groups in total. The molecule has 0 radical (unpaired) electrons. The highest BCUT2D eigenvalue weighted by molar-refractivity contribution is 5.38. The molecular formula is C7H4F3NO3. The summed E-state index contributed by atoms with van der Waals surface area (Å²) in [4.78, 5) is 8.95. The third-order valence-corrected chi connectivity index (χ3v) is 1.58. The van der Waals surface area contributed by atoms with E-state index in [9.17, 15) is 23.3 Å². The minimum atomic E-state index is -1.62. The third kappa shape index (κ3) is 1.53. The molecule has 0 spiro atoms. The summed E-state index contributed by atoms with van der Waals surface area (Å²) in [6, 6.07) is 0.129. The molecule has 76 valence electrons. The van der Waals surface area contributed by atoms with Gasteiger partial charge in [0.1, 0.15) is 0 Å². The lowest BCUT2D eigenvalue weighted by molar-refractivity contribution is -0.387. The van der Waals surface area contributed by atoms with Gasteiger partial charge in [0.2, 0.25) is 5.82 Å². The summed E-state index contributed by atoms with van der Waals surface area (Å²) in [5, 5.41) is 18.6. The van der Waals surface area contributed by atoms with E-state index >= 15 is 0 Å². The van der Waals surface area contributed by atoms with Crippen molar-refractivity contribution in [2.24, 2.45) is 0 Å². The maximum atomic E-state index is 13.0. The average molecular weight is 207 g/mol. The molecule has 7 heteroatoms. The monoisotopic (exact) mass is 207 g/mol. The minimum absolute atomic E-state index is 0.129. The second-order valence-electron chi connectivity index (χ2n) is 2.40. The SMILES string of the molecule is O=[N+]([O-])c1cc(F)c(F)c(CO)c1F. The summed E-state index contributed by atoms with van der Waals surface area (Å²) in [6.07, 6.45) is 0. The van der Waals surface area contributed by atoms with Gasteiger partial charge in [-0.2, -0.15) is 4.39 Å². The Hall–Kier alpha value is -1.63. The molecule has 0 bridgehead atoms. The number of aliphatic hydroxyl groups is 1. The molecule has 1 rings (SSSR count). The number of hydrogen-bond donors (Lipinski definition) is 1. The Bertz CT molecular complexity index is 394. The van der Waals surface area contributed by atoms with Crippen molar-refractivity contribution in [3.05, 3.63) is 39.2 Å². The van der Waals surface area contributed by atoms with Gasteiger partial charge in [-0.05, 0) is 0 Å². The molecule has 1 aromatic carbocycles. The number of benzene rings is 1. The predicted octanol–water partition coefficient (Wildman–Crippen LogP) is 1.50. The highest BCUT2D eigenvalue weighted by atomic mass is 19.2.